The van der Waals surface area contributed by atoms with Crippen molar-refractivity contribution in [2.45, 2.75) is 32.9 Å². The molecule has 0 radical (unpaired) electrons. The highest BCUT2D eigenvalue weighted by Crippen LogP contribution is 2.18. The number of hydrogen-bond acceptors (Lipinski definition) is 4. The van der Waals surface area contributed by atoms with Crippen molar-refractivity contribution in [3.05, 3.63) is 46.3 Å². The SMILES string of the molecule is CCN(Cc1cccs1)c1ccc(CC(C)N)cn1. The first-order valence-electron chi connectivity index (χ1n) is 6.67. The molecule has 102 valence electrons. The zero-order chi connectivity index (χ0) is 13.7. The molecule has 3 nitrogen and oxygen atoms in total. The Kier molecular flexibility index (Phi) is 4.93. The number of nitrogens with two attached hydrogens (primary N) is 1. The van der Waals surface area contributed by atoms with Gasteiger partial charge in [0.2, 0.25) is 0 Å². The molecular formula is C15H21N3S. The average molecular weight is 275 g/mol. The quantitative estimate of drug-likeness (QED) is 0.881. The highest BCUT2D eigenvalue weighted by molar-refractivity contribution is 7.09. The van der Waals surface area contributed by atoms with Crippen LogP contribution in [0.1, 0.15) is 24.3 Å². The molecule has 0 aromatic carbocycles. The summed E-state index contributed by atoms with van der Waals surface area (Å²) in [5, 5.41) is 2.11. The van der Waals surface area contributed by atoms with E-state index in [1.165, 1.54) is 10.4 Å². The predicted molar refractivity (Wildman–Crippen MR) is 82.6 cm³/mol. The monoisotopic (exact) mass is 275 g/mol. The fraction of sp³-hybridized carbons (Fsp3) is 0.400. The van der Waals surface area contributed by atoms with Gasteiger partial charge in [-0.1, -0.05) is 12.1 Å². The van der Waals surface area contributed by atoms with Crippen LogP contribution in [0.5, 0.6) is 0 Å². The van der Waals surface area contributed by atoms with E-state index < -0.39 is 0 Å². The molecule has 4 heteroatoms. The van der Waals surface area contributed by atoms with Crippen LogP contribution in [-0.4, -0.2) is 17.6 Å². The first kappa shape index (κ1) is 14.0. The van der Waals surface area contributed by atoms with E-state index in [2.05, 4.69) is 46.5 Å². The second-order valence-corrected chi connectivity index (χ2v) is 5.83. The third-order valence-corrected chi connectivity index (χ3v) is 3.86. The highest BCUT2D eigenvalue weighted by atomic mass is 32.1. The zero-order valence-electron chi connectivity index (χ0n) is 11.5. The first-order chi connectivity index (χ1) is 9.19. The minimum Gasteiger partial charge on any atom is -0.352 e. The summed E-state index contributed by atoms with van der Waals surface area (Å²) in [7, 11) is 0. The van der Waals surface area contributed by atoms with Crippen LogP contribution in [0, 0.1) is 0 Å². The maximum Gasteiger partial charge on any atom is 0.128 e. The molecule has 0 bridgehead atoms. The molecule has 1 atom stereocenters. The summed E-state index contributed by atoms with van der Waals surface area (Å²) >= 11 is 1.79. The Morgan fingerprint density at radius 1 is 1.37 bits per heavy atom. The van der Waals surface area contributed by atoms with Gasteiger partial charge in [0, 0.05) is 23.7 Å². The largest absolute Gasteiger partial charge is 0.352 e. The minimum absolute atomic E-state index is 0.182. The summed E-state index contributed by atoms with van der Waals surface area (Å²) in [6.07, 6.45) is 2.82. The molecule has 19 heavy (non-hydrogen) atoms. The number of hydrogen-bond donors (Lipinski definition) is 1. The summed E-state index contributed by atoms with van der Waals surface area (Å²) < 4.78 is 0. The molecule has 1 unspecified atom stereocenters. The fourth-order valence-corrected chi connectivity index (χ4v) is 2.76. The van der Waals surface area contributed by atoms with Crippen molar-refractivity contribution in [2.24, 2.45) is 5.73 Å². The molecule has 2 rings (SSSR count). The van der Waals surface area contributed by atoms with Crippen molar-refractivity contribution in [3.63, 3.8) is 0 Å². The van der Waals surface area contributed by atoms with Gasteiger partial charge in [0.1, 0.15) is 5.82 Å². The minimum atomic E-state index is 0.182. The van der Waals surface area contributed by atoms with Crippen LogP contribution in [0.3, 0.4) is 0 Å². The van der Waals surface area contributed by atoms with Gasteiger partial charge in [0.15, 0.2) is 0 Å². The first-order valence-corrected chi connectivity index (χ1v) is 7.55. The predicted octanol–water partition coefficient (Wildman–Crippen LogP) is 3.06. The van der Waals surface area contributed by atoms with Gasteiger partial charge >= 0.3 is 0 Å². The summed E-state index contributed by atoms with van der Waals surface area (Å²) in [6, 6.07) is 8.66. The maximum absolute atomic E-state index is 5.80. The van der Waals surface area contributed by atoms with Gasteiger partial charge in [0.25, 0.3) is 0 Å². The lowest BCUT2D eigenvalue weighted by Crippen LogP contribution is -2.23. The van der Waals surface area contributed by atoms with E-state index in [0.29, 0.717) is 0 Å². The van der Waals surface area contributed by atoms with E-state index >= 15 is 0 Å². The van der Waals surface area contributed by atoms with E-state index in [0.717, 1.165) is 25.3 Å². The van der Waals surface area contributed by atoms with Crippen LogP contribution in [0.15, 0.2) is 35.8 Å². The molecule has 2 aromatic rings. The molecule has 2 heterocycles. The molecule has 0 saturated carbocycles. The molecule has 2 N–H and O–H groups in total. The van der Waals surface area contributed by atoms with E-state index in [1.54, 1.807) is 11.3 Å². The van der Waals surface area contributed by atoms with E-state index in [1.807, 2.05) is 13.1 Å². The summed E-state index contributed by atoms with van der Waals surface area (Å²) in [6.45, 7) is 6.06. The van der Waals surface area contributed by atoms with E-state index in [9.17, 15) is 0 Å². The summed E-state index contributed by atoms with van der Waals surface area (Å²) in [5.41, 5.74) is 7.00. The number of nitrogens with zero attached hydrogens (tertiary/aromatic N) is 2. The van der Waals surface area contributed by atoms with Crippen LogP contribution in [0.25, 0.3) is 0 Å². The second-order valence-electron chi connectivity index (χ2n) is 4.80. The molecule has 0 aliphatic carbocycles. The standard InChI is InChI=1S/C15H21N3S/c1-3-18(11-14-5-4-8-19-14)15-7-6-13(10-17-15)9-12(2)16/h4-8,10,12H,3,9,11,16H2,1-2H3. The molecule has 0 aliphatic heterocycles. The Hall–Kier alpha value is -1.39. The van der Waals surface area contributed by atoms with Crippen molar-refractivity contribution in [1.29, 1.82) is 0 Å². The van der Waals surface area contributed by atoms with Crippen molar-refractivity contribution < 1.29 is 0 Å². The van der Waals surface area contributed by atoms with Gasteiger partial charge in [-0.25, -0.2) is 4.98 Å². The molecule has 0 fully saturated rings. The number of anilines is 1. The Morgan fingerprint density at radius 2 is 2.21 bits per heavy atom. The van der Waals surface area contributed by atoms with Gasteiger partial charge < -0.3 is 10.6 Å². The number of pyridine rings is 1. The summed E-state index contributed by atoms with van der Waals surface area (Å²) in [4.78, 5) is 8.20. The van der Waals surface area contributed by atoms with Gasteiger partial charge in [-0.15, -0.1) is 11.3 Å². The molecular weight excluding hydrogens is 254 g/mol. The van der Waals surface area contributed by atoms with Crippen LogP contribution >= 0.6 is 11.3 Å². The second kappa shape index (κ2) is 6.68. The van der Waals surface area contributed by atoms with Crippen molar-refractivity contribution in [3.8, 4) is 0 Å². The van der Waals surface area contributed by atoms with Gasteiger partial charge in [-0.05, 0) is 43.3 Å². The Balaban J connectivity index is 2.06. The smallest absolute Gasteiger partial charge is 0.128 e. The lowest BCUT2D eigenvalue weighted by molar-refractivity contribution is 0.734. The van der Waals surface area contributed by atoms with Crippen molar-refractivity contribution >= 4 is 17.2 Å². The third-order valence-electron chi connectivity index (χ3n) is 3.00. The lowest BCUT2D eigenvalue weighted by Gasteiger charge is -2.21. The molecule has 0 amide bonds. The lowest BCUT2D eigenvalue weighted by atomic mass is 10.1. The third kappa shape index (κ3) is 4.04. The number of aromatic nitrogens is 1. The molecule has 0 aliphatic rings. The summed E-state index contributed by atoms with van der Waals surface area (Å²) in [5.74, 6) is 1.03. The highest BCUT2D eigenvalue weighted by Gasteiger charge is 2.07. The van der Waals surface area contributed by atoms with Gasteiger partial charge in [0.05, 0.1) is 6.54 Å². The number of rotatable bonds is 6. The Morgan fingerprint density at radius 3 is 2.74 bits per heavy atom. The van der Waals surface area contributed by atoms with Crippen LogP contribution < -0.4 is 10.6 Å². The van der Waals surface area contributed by atoms with E-state index in [4.69, 9.17) is 5.73 Å². The Bertz CT molecular complexity index is 477. The average Bonchev–Trinajstić information content (AvgIpc) is 2.89. The topological polar surface area (TPSA) is 42.1 Å². The van der Waals surface area contributed by atoms with Crippen LogP contribution in [0.4, 0.5) is 5.82 Å². The maximum atomic E-state index is 5.80. The van der Waals surface area contributed by atoms with Crippen LogP contribution in [-0.2, 0) is 13.0 Å². The molecule has 0 spiro atoms. The molecule has 0 saturated heterocycles. The van der Waals surface area contributed by atoms with Crippen molar-refractivity contribution in [2.75, 3.05) is 11.4 Å². The fourth-order valence-electron chi connectivity index (χ4n) is 2.04. The molecule has 2 aromatic heterocycles. The van der Waals surface area contributed by atoms with Crippen LogP contribution in [0.2, 0.25) is 0 Å². The normalized spacial score (nSPS) is 12.4. The van der Waals surface area contributed by atoms with Gasteiger partial charge in [-0.2, -0.15) is 0 Å². The number of thiophene rings is 1. The van der Waals surface area contributed by atoms with Crippen molar-refractivity contribution in [1.82, 2.24) is 4.98 Å². The van der Waals surface area contributed by atoms with E-state index in [-0.39, 0.29) is 6.04 Å². The Labute approximate surface area is 119 Å². The zero-order valence-corrected chi connectivity index (χ0v) is 12.4. The van der Waals surface area contributed by atoms with Gasteiger partial charge in [-0.3, -0.25) is 0 Å².